The monoisotopic (exact) mass is 1210 g/mol. The van der Waals surface area contributed by atoms with Crippen molar-refractivity contribution in [1.29, 1.82) is 0 Å². The summed E-state index contributed by atoms with van der Waals surface area (Å²) in [6.07, 6.45) is 87.6. The van der Waals surface area contributed by atoms with E-state index in [1.54, 1.807) is 0 Å². The first-order valence-corrected chi connectivity index (χ1v) is 36.6. The maximum absolute atomic E-state index is 12.9. The smallest absolute Gasteiger partial charge is 0.361 e. The number of carboxylic acid groups (broad SMARTS) is 1. The predicted octanol–water partition coefficient (Wildman–Crippen LogP) is 22.9. The highest BCUT2D eigenvalue weighted by atomic mass is 16.7. The van der Waals surface area contributed by atoms with Crippen LogP contribution in [-0.4, -0.2) is 87.4 Å². The first-order valence-electron chi connectivity index (χ1n) is 36.6. The van der Waals surface area contributed by atoms with E-state index in [9.17, 15) is 19.5 Å². The molecule has 2 atom stereocenters. The topological polar surface area (TPSA) is 108 Å². The van der Waals surface area contributed by atoms with Gasteiger partial charge >= 0.3 is 17.9 Å². The number of quaternary nitrogens is 1. The number of unbranched alkanes of at least 4 members (excludes halogenated alkanes) is 41. The van der Waals surface area contributed by atoms with E-state index in [0.29, 0.717) is 23.9 Å². The quantitative estimate of drug-likeness (QED) is 0.0211. The molecule has 0 rings (SSSR count). The van der Waals surface area contributed by atoms with Gasteiger partial charge in [0, 0.05) is 12.8 Å². The molecule has 0 spiro atoms. The number of esters is 2. The normalized spacial score (nSPS) is 13.1. The van der Waals surface area contributed by atoms with Crippen LogP contribution in [0.3, 0.4) is 0 Å². The van der Waals surface area contributed by atoms with Crippen LogP contribution in [-0.2, 0) is 33.3 Å². The number of aliphatic carboxylic acids is 1. The third-order valence-corrected chi connectivity index (χ3v) is 16.2. The van der Waals surface area contributed by atoms with Crippen molar-refractivity contribution in [2.45, 2.75) is 354 Å². The fourth-order valence-electron chi connectivity index (χ4n) is 10.7. The summed E-state index contributed by atoms with van der Waals surface area (Å²) >= 11 is 0. The molecule has 0 aromatic carbocycles. The molecule has 1 N–H and O–H groups in total. The molecule has 500 valence electrons. The molecule has 9 heteroatoms. The Hall–Kier alpha value is -3.27. The second kappa shape index (κ2) is 67.7. The Labute approximate surface area is 532 Å². The average molecular weight is 1210 g/mol. The van der Waals surface area contributed by atoms with Gasteiger partial charge in [-0.25, -0.2) is 4.79 Å². The van der Waals surface area contributed by atoms with Crippen LogP contribution in [0.1, 0.15) is 341 Å². The number of hydrogen-bond acceptors (Lipinski definition) is 7. The van der Waals surface area contributed by atoms with Crippen molar-refractivity contribution < 1.29 is 42.9 Å². The second-order valence-corrected chi connectivity index (χ2v) is 25.9. The molecular formula is C77H140NO8+. The van der Waals surface area contributed by atoms with Crippen molar-refractivity contribution in [2.24, 2.45) is 0 Å². The lowest BCUT2D eigenvalue weighted by molar-refractivity contribution is -0.870. The Morgan fingerprint density at radius 2 is 0.663 bits per heavy atom. The van der Waals surface area contributed by atoms with E-state index in [-0.39, 0.29) is 32.2 Å². The van der Waals surface area contributed by atoms with Crippen molar-refractivity contribution in [3.8, 4) is 0 Å². The van der Waals surface area contributed by atoms with Gasteiger partial charge in [-0.1, -0.05) is 337 Å². The van der Waals surface area contributed by atoms with E-state index in [4.69, 9.17) is 18.9 Å². The lowest BCUT2D eigenvalue weighted by Crippen LogP contribution is -2.40. The molecule has 0 bridgehead atoms. The first kappa shape index (κ1) is 82.7. The van der Waals surface area contributed by atoms with Crippen LogP contribution in [0.25, 0.3) is 0 Å². The molecule has 0 aliphatic heterocycles. The number of hydrogen-bond donors (Lipinski definition) is 1. The van der Waals surface area contributed by atoms with E-state index in [2.05, 4.69) is 86.8 Å². The molecule has 0 aliphatic carbocycles. The van der Waals surface area contributed by atoms with Crippen molar-refractivity contribution in [1.82, 2.24) is 0 Å². The number of ether oxygens (including phenoxy) is 4. The number of rotatable bonds is 68. The van der Waals surface area contributed by atoms with Crippen molar-refractivity contribution >= 4 is 17.9 Å². The van der Waals surface area contributed by atoms with Crippen LogP contribution in [0, 0.1) is 0 Å². The summed E-state index contributed by atoms with van der Waals surface area (Å²) in [5, 5.41) is 9.75. The SMILES string of the molecule is CC/C=C\C/C=C\C/C=C\C/C=C\C/C=C\C/C=C\CCCCCCCCC(=O)OC(COC(=O)CCCCCCCCCCCCCCCCCCCCCCCCCCCCCCCCCCCCCC)COC(OCC[N+](C)(C)C)C(=O)O. The zero-order chi connectivity index (χ0) is 62.6. The maximum atomic E-state index is 12.9. The summed E-state index contributed by atoms with van der Waals surface area (Å²) in [6.45, 7) is 4.79. The Kier molecular flexibility index (Phi) is 65.1. The molecule has 0 radical (unpaired) electrons. The molecule has 0 saturated carbocycles. The molecule has 0 heterocycles. The number of allylic oxidation sites excluding steroid dienone is 12. The fraction of sp³-hybridized carbons (Fsp3) is 0.805. The molecule has 0 saturated heterocycles. The number of likely N-dealkylation sites (N-methyl/N-ethyl adjacent to an activating group) is 1. The van der Waals surface area contributed by atoms with Crippen LogP contribution < -0.4 is 0 Å². The number of nitrogens with zero attached hydrogens (tertiary/aromatic N) is 1. The number of carbonyl (C=O) groups is 3. The van der Waals surface area contributed by atoms with Gasteiger partial charge in [-0.05, 0) is 64.2 Å². The Morgan fingerprint density at radius 3 is 0.988 bits per heavy atom. The van der Waals surface area contributed by atoms with Crippen LogP contribution >= 0.6 is 0 Å². The summed E-state index contributed by atoms with van der Waals surface area (Å²) in [4.78, 5) is 37.6. The van der Waals surface area contributed by atoms with Gasteiger partial charge < -0.3 is 28.5 Å². The third-order valence-electron chi connectivity index (χ3n) is 16.2. The molecule has 2 unspecified atom stereocenters. The standard InChI is InChI=1S/C77H139NO8/c1-6-8-10-12-14-16-18-20-22-24-26-28-30-32-33-34-35-36-37-38-39-40-41-42-44-45-47-49-51-53-55-57-59-61-63-65-67-74(79)84-71-73(72-85-77(76(81)82)83-70-69-78(3,4)5)86-75(80)68-66-64-62-60-58-56-54-52-50-48-46-43-31-29-27-25-23-21-19-17-15-13-11-9-7-2/h9,11,15,17,21,23,27,29,43,46,50,52,73,77H,6-8,10,12-14,16,18-20,22,24-26,28,30-42,44-45,47-49,51,53-72H2,1-5H3/p+1/b11-9-,17-15-,23-21-,29-27-,46-43-,52-50-. The highest BCUT2D eigenvalue weighted by Gasteiger charge is 2.25. The van der Waals surface area contributed by atoms with Crippen molar-refractivity contribution in [2.75, 3.05) is 47.5 Å². The van der Waals surface area contributed by atoms with Crippen LogP contribution in [0.2, 0.25) is 0 Å². The minimum absolute atomic E-state index is 0.183. The summed E-state index contributed by atoms with van der Waals surface area (Å²) in [5.74, 6) is -2.01. The van der Waals surface area contributed by atoms with Crippen LogP contribution in [0.15, 0.2) is 72.9 Å². The molecular weight excluding hydrogens is 1070 g/mol. The zero-order valence-corrected chi connectivity index (χ0v) is 57.2. The third kappa shape index (κ3) is 68.2. The molecule has 0 aromatic heterocycles. The van der Waals surface area contributed by atoms with E-state index in [1.807, 2.05) is 21.1 Å². The number of carbonyl (C=O) groups excluding carboxylic acids is 2. The van der Waals surface area contributed by atoms with E-state index in [1.165, 1.54) is 212 Å². The molecule has 0 fully saturated rings. The number of carboxylic acids is 1. The Balaban J connectivity index is 4.04. The van der Waals surface area contributed by atoms with E-state index < -0.39 is 24.3 Å². The van der Waals surface area contributed by atoms with Crippen LogP contribution in [0.5, 0.6) is 0 Å². The highest BCUT2D eigenvalue weighted by Crippen LogP contribution is 2.19. The van der Waals surface area contributed by atoms with Gasteiger partial charge in [0.2, 0.25) is 0 Å². The first-order chi connectivity index (χ1) is 42.1. The van der Waals surface area contributed by atoms with Gasteiger partial charge in [-0.15, -0.1) is 0 Å². The maximum Gasteiger partial charge on any atom is 0.361 e. The summed E-state index contributed by atoms with van der Waals surface area (Å²) in [5.41, 5.74) is 0. The lowest BCUT2D eigenvalue weighted by Gasteiger charge is -2.25. The van der Waals surface area contributed by atoms with Gasteiger partial charge in [0.25, 0.3) is 6.29 Å². The highest BCUT2D eigenvalue weighted by molar-refractivity contribution is 5.71. The molecule has 0 aromatic rings. The summed E-state index contributed by atoms with van der Waals surface area (Å²) in [6, 6.07) is 0. The van der Waals surface area contributed by atoms with Gasteiger partial charge in [-0.2, -0.15) is 0 Å². The largest absolute Gasteiger partial charge is 0.477 e. The average Bonchev–Trinajstić information content (AvgIpc) is 3.63. The lowest BCUT2D eigenvalue weighted by atomic mass is 10.0. The fourth-order valence-corrected chi connectivity index (χ4v) is 10.7. The molecule has 0 aliphatic rings. The second-order valence-electron chi connectivity index (χ2n) is 25.9. The summed E-state index contributed by atoms with van der Waals surface area (Å²) < 4.78 is 23.0. The van der Waals surface area contributed by atoms with E-state index >= 15 is 0 Å². The van der Waals surface area contributed by atoms with E-state index in [0.717, 1.165) is 96.3 Å². The predicted molar refractivity (Wildman–Crippen MR) is 369 cm³/mol. The zero-order valence-electron chi connectivity index (χ0n) is 57.2. The molecule has 9 nitrogen and oxygen atoms in total. The summed E-state index contributed by atoms with van der Waals surface area (Å²) in [7, 11) is 5.98. The van der Waals surface area contributed by atoms with Gasteiger partial charge in [0.15, 0.2) is 6.10 Å². The van der Waals surface area contributed by atoms with Gasteiger partial charge in [0.05, 0.1) is 34.4 Å². The van der Waals surface area contributed by atoms with Gasteiger partial charge in [-0.3, -0.25) is 9.59 Å². The Morgan fingerprint density at radius 1 is 0.360 bits per heavy atom. The minimum Gasteiger partial charge on any atom is -0.477 e. The van der Waals surface area contributed by atoms with Crippen LogP contribution in [0.4, 0.5) is 0 Å². The molecule has 0 amide bonds. The van der Waals surface area contributed by atoms with Crippen molar-refractivity contribution in [3.63, 3.8) is 0 Å². The molecule has 86 heavy (non-hydrogen) atoms. The Bertz CT molecular complexity index is 1640. The minimum atomic E-state index is -1.52. The van der Waals surface area contributed by atoms with Crippen molar-refractivity contribution in [3.05, 3.63) is 72.9 Å². The van der Waals surface area contributed by atoms with Gasteiger partial charge in [0.1, 0.15) is 13.2 Å².